The van der Waals surface area contributed by atoms with Gasteiger partial charge in [-0.15, -0.1) is 0 Å². The van der Waals surface area contributed by atoms with E-state index in [4.69, 9.17) is 5.11 Å². The van der Waals surface area contributed by atoms with Crippen LogP contribution in [0, 0.1) is 6.92 Å². The third kappa shape index (κ3) is 1.75. The van der Waals surface area contributed by atoms with E-state index in [0.29, 0.717) is 18.1 Å². The Hall–Kier alpha value is -2.30. The molecule has 5 nitrogen and oxygen atoms in total. The molecule has 0 heterocycles. The van der Waals surface area contributed by atoms with Crippen LogP contribution in [0.15, 0.2) is 6.07 Å². The van der Waals surface area contributed by atoms with Gasteiger partial charge < -0.3 is 5.11 Å². The lowest BCUT2D eigenvalue weighted by Crippen LogP contribution is -2.09. The zero-order chi connectivity index (χ0) is 12.3. The first-order valence-corrected chi connectivity index (χ1v) is 4.33. The van der Waals surface area contributed by atoms with Gasteiger partial charge in [-0.05, 0) is 18.6 Å². The van der Waals surface area contributed by atoms with Crippen LogP contribution in [0.3, 0.4) is 0 Å². The number of hydrogen-bond donors (Lipinski definition) is 1. The number of hydrogen-bond acceptors (Lipinski definition) is 4. The highest BCUT2D eigenvalue weighted by atomic mass is 16.4. The molecular formula is C11H8O5. The van der Waals surface area contributed by atoms with Crippen LogP contribution in [0.2, 0.25) is 0 Å². The minimum atomic E-state index is -1.31. The van der Waals surface area contributed by atoms with Gasteiger partial charge in [0.15, 0.2) is 18.9 Å². The number of aldehydes is 3. The third-order valence-electron chi connectivity index (χ3n) is 2.24. The number of carboxylic acids is 1. The van der Waals surface area contributed by atoms with Gasteiger partial charge >= 0.3 is 5.97 Å². The van der Waals surface area contributed by atoms with E-state index in [1.54, 1.807) is 0 Å². The Bertz CT molecular complexity index is 488. The standard InChI is InChI=1S/C11H8O5/c1-6-2-7(11(15)16)9(4-13)10(5-14)8(6)3-12/h2-5H,1H3,(H,15,16). The van der Waals surface area contributed by atoms with Crippen LogP contribution < -0.4 is 0 Å². The van der Waals surface area contributed by atoms with Gasteiger partial charge in [0, 0.05) is 16.7 Å². The van der Waals surface area contributed by atoms with Crippen LogP contribution in [0.1, 0.15) is 47.0 Å². The van der Waals surface area contributed by atoms with Gasteiger partial charge in [0.2, 0.25) is 0 Å². The van der Waals surface area contributed by atoms with Crippen LogP contribution in [0.4, 0.5) is 0 Å². The first kappa shape index (κ1) is 11.8. The van der Waals surface area contributed by atoms with Crippen LogP contribution in [-0.2, 0) is 0 Å². The summed E-state index contributed by atoms with van der Waals surface area (Å²) in [7, 11) is 0. The summed E-state index contributed by atoms with van der Waals surface area (Å²) in [4.78, 5) is 43.1. The summed E-state index contributed by atoms with van der Waals surface area (Å²) in [5.74, 6) is -1.31. The maximum Gasteiger partial charge on any atom is 0.336 e. The summed E-state index contributed by atoms with van der Waals surface area (Å²) in [6.45, 7) is 1.50. The van der Waals surface area contributed by atoms with E-state index < -0.39 is 5.97 Å². The molecule has 0 unspecified atom stereocenters. The molecular weight excluding hydrogens is 212 g/mol. The Kier molecular flexibility index (Phi) is 3.30. The molecule has 0 aliphatic heterocycles. The Morgan fingerprint density at radius 2 is 1.56 bits per heavy atom. The highest BCUT2D eigenvalue weighted by Gasteiger charge is 2.18. The molecule has 1 N–H and O–H groups in total. The molecule has 82 valence electrons. The summed E-state index contributed by atoms with van der Waals surface area (Å²) < 4.78 is 0. The second-order valence-corrected chi connectivity index (χ2v) is 3.14. The lowest BCUT2D eigenvalue weighted by molar-refractivity contribution is 0.0693. The molecule has 0 aromatic heterocycles. The molecule has 0 aliphatic carbocycles. The highest BCUT2D eigenvalue weighted by Crippen LogP contribution is 2.19. The van der Waals surface area contributed by atoms with Gasteiger partial charge in [-0.1, -0.05) is 0 Å². The van der Waals surface area contributed by atoms with E-state index in [-0.39, 0.29) is 28.5 Å². The van der Waals surface area contributed by atoms with Crippen molar-refractivity contribution >= 4 is 24.8 Å². The summed E-state index contributed by atoms with van der Waals surface area (Å²) in [6.07, 6.45) is 1.00. The van der Waals surface area contributed by atoms with Gasteiger partial charge in [-0.3, -0.25) is 14.4 Å². The predicted octanol–water partition coefficient (Wildman–Crippen LogP) is 1.13. The Labute approximate surface area is 90.7 Å². The topological polar surface area (TPSA) is 88.5 Å². The lowest BCUT2D eigenvalue weighted by atomic mass is 9.94. The quantitative estimate of drug-likeness (QED) is 0.768. The summed E-state index contributed by atoms with van der Waals surface area (Å²) >= 11 is 0. The fraction of sp³-hybridized carbons (Fsp3) is 0.0909. The third-order valence-corrected chi connectivity index (χ3v) is 2.24. The van der Waals surface area contributed by atoms with Crippen molar-refractivity contribution in [3.8, 4) is 0 Å². The van der Waals surface area contributed by atoms with E-state index in [2.05, 4.69) is 0 Å². The molecule has 16 heavy (non-hydrogen) atoms. The molecule has 0 radical (unpaired) electrons. The van der Waals surface area contributed by atoms with Crippen molar-refractivity contribution in [2.75, 3.05) is 0 Å². The number of carbonyl (C=O) groups is 4. The number of carboxylic acid groups (broad SMARTS) is 1. The molecule has 5 heteroatoms. The summed E-state index contributed by atoms with van der Waals surface area (Å²) in [5.41, 5.74) is -0.333. The van der Waals surface area contributed by atoms with Gasteiger partial charge in [-0.2, -0.15) is 0 Å². The van der Waals surface area contributed by atoms with Crippen LogP contribution in [-0.4, -0.2) is 29.9 Å². The minimum absolute atomic E-state index is 0.0436. The maximum atomic E-state index is 10.8. The van der Waals surface area contributed by atoms with Crippen molar-refractivity contribution in [2.24, 2.45) is 0 Å². The van der Waals surface area contributed by atoms with Gasteiger partial charge in [0.1, 0.15) is 0 Å². The molecule has 0 fully saturated rings. The average molecular weight is 220 g/mol. The number of carbonyl (C=O) groups excluding carboxylic acids is 3. The van der Waals surface area contributed by atoms with Crippen molar-refractivity contribution in [1.29, 1.82) is 0 Å². The molecule has 0 atom stereocenters. The van der Waals surface area contributed by atoms with Crippen LogP contribution in [0.25, 0.3) is 0 Å². The molecule has 0 amide bonds. The average Bonchev–Trinajstić information content (AvgIpc) is 2.27. The fourth-order valence-corrected chi connectivity index (χ4v) is 1.46. The summed E-state index contributed by atoms with van der Waals surface area (Å²) in [5, 5.41) is 8.84. The second kappa shape index (κ2) is 4.48. The van der Waals surface area contributed by atoms with E-state index in [1.807, 2.05) is 0 Å². The highest BCUT2D eigenvalue weighted by molar-refractivity contribution is 6.06. The fourth-order valence-electron chi connectivity index (χ4n) is 1.46. The van der Waals surface area contributed by atoms with Gasteiger partial charge in [-0.25, -0.2) is 4.79 Å². The number of aromatic carboxylic acids is 1. The molecule has 1 aromatic carbocycles. The van der Waals surface area contributed by atoms with Crippen LogP contribution >= 0.6 is 0 Å². The van der Waals surface area contributed by atoms with E-state index in [0.717, 1.165) is 0 Å². The van der Waals surface area contributed by atoms with E-state index >= 15 is 0 Å². The molecule has 1 rings (SSSR count). The van der Waals surface area contributed by atoms with Crippen molar-refractivity contribution in [3.05, 3.63) is 33.9 Å². The largest absolute Gasteiger partial charge is 0.478 e. The van der Waals surface area contributed by atoms with Gasteiger partial charge in [0.05, 0.1) is 5.56 Å². The lowest BCUT2D eigenvalue weighted by Gasteiger charge is -2.08. The molecule has 1 aromatic rings. The van der Waals surface area contributed by atoms with Crippen LogP contribution in [0.5, 0.6) is 0 Å². The Morgan fingerprint density at radius 3 is 1.94 bits per heavy atom. The molecule has 0 spiro atoms. The molecule has 0 aliphatic rings. The first-order valence-electron chi connectivity index (χ1n) is 4.33. The zero-order valence-electron chi connectivity index (χ0n) is 8.39. The summed E-state index contributed by atoms with van der Waals surface area (Å²) in [6, 6.07) is 1.20. The monoisotopic (exact) mass is 220 g/mol. The minimum Gasteiger partial charge on any atom is -0.478 e. The van der Waals surface area contributed by atoms with Crippen molar-refractivity contribution in [2.45, 2.75) is 6.92 Å². The molecule has 0 saturated carbocycles. The Morgan fingerprint density at radius 1 is 1.06 bits per heavy atom. The second-order valence-electron chi connectivity index (χ2n) is 3.14. The molecule has 0 bridgehead atoms. The number of aryl methyl sites for hydroxylation is 1. The van der Waals surface area contributed by atoms with Gasteiger partial charge in [0.25, 0.3) is 0 Å². The zero-order valence-corrected chi connectivity index (χ0v) is 8.39. The van der Waals surface area contributed by atoms with E-state index in [9.17, 15) is 19.2 Å². The van der Waals surface area contributed by atoms with E-state index in [1.165, 1.54) is 13.0 Å². The smallest absolute Gasteiger partial charge is 0.336 e. The maximum absolute atomic E-state index is 10.8. The van der Waals surface area contributed by atoms with Crippen molar-refractivity contribution in [1.82, 2.24) is 0 Å². The number of rotatable bonds is 4. The van der Waals surface area contributed by atoms with Crippen molar-refractivity contribution < 1.29 is 24.3 Å². The Balaban J connectivity index is 3.76. The molecule has 0 saturated heterocycles. The number of benzene rings is 1. The van der Waals surface area contributed by atoms with Crippen molar-refractivity contribution in [3.63, 3.8) is 0 Å². The first-order chi connectivity index (χ1) is 7.56. The normalized spacial score (nSPS) is 9.56. The predicted molar refractivity (Wildman–Crippen MR) is 54.3 cm³/mol. The SMILES string of the molecule is Cc1cc(C(=O)O)c(C=O)c(C=O)c1C=O.